The van der Waals surface area contributed by atoms with Gasteiger partial charge in [-0.3, -0.25) is 0 Å². The topological polar surface area (TPSA) is 0 Å². The Morgan fingerprint density at radius 1 is 0.850 bits per heavy atom. The normalized spacial score (nSPS) is 30.8. The largest absolute Gasteiger partial charge is 0.0839 e. The Balaban J connectivity index is 1.69. The van der Waals surface area contributed by atoms with Crippen LogP contribution in [0.25, 0.3) is 0 Å². The maximum atomic E-state index is 2.48. The zero-order valence-electron chi connectivity index (χ0n) is 11.8. The van der Waals surface area contributed by atoms with Gasteiger partial charge in [0.2, 0.25) is 0 Å². The summed E-state index contributed by atoms with van der Waals surface area (Å²) in [5, 5.41) is 0. The van der Waals surface area contributed by atoms with Gasteiger partial charge in [0, 0.05) is 11.8 Å². The summed E-state index contributed by atoms with van der Waals surface area (Å²) < 4.78 is 0. The molecule has 0 N–H and O–H groups in total. The van der Waals surface area contributed by atoms with Crippen molar-refractivity contribution in [2.45, 2.75) is 25.7 Å². The molecular formula is C20H20. The van der Waals surface area contributed by atoms with Gasteiger partial charge in [-0.05, 0) is 48.0 Å². The molecule has 0 heteroatoms. The zero-order chi connectivity index (χ0) is 13.4. The van der Waals surface area contributed by atoms with E-state index in [1.807, 2.05) is 0 Å². The lowest BCUT2D eigenvalue weighted by molar-refractivity contribution is 0.621. The van der Waals surface area contributed by atoms with Crippen molar-refractivity contribution in [1.29, 1.82) is 0 Å². The molecule has 4 aliphatic carbocycles. The van der Waals surface area contributed by atoms with Gasteiger partial charge >= 0.3 is 0 Å². The smallest absolute Gasteiger partial charge is 0.0122 e. The van der Waals surface area contributed by atoms with Crippen LogP contribution < -0.4 is 0 Å². The predicted molar refractivity (Wildman–Crippen MR) is 85.2 cm³/mol. The molecule has 0 fully saturated rings. The Bertz CT molecular complexity index is 629. The second-order valence-electron chi connectivity index (χ2n) is 6.04. The Kier molecular flexibility index (Phi) is 2.95. The van der Waals surface area contributed by atoms with E-state index < -0.39 is 0 Å². The lowest BCUT2D eigenvalue weighted by Crippen LogP contribution is -2.18. The molecule has 0 nitrogen and oxygen atoms in total. The minimum Gasteiger partial charge on any atom is -0.0839 e. The lowest BCUT2D eigenvalue weighted by Gasteiger charge is -2.31. The van der Waals surface area contributed by atoms with E-state index in [1.165, 1.54) is 25.7 Å². The molecule has 0 aliphatic heterocycles. The van der Waals surface area contributed by atoms with Crippen LogP contribution in [0.15, 0.2) is 83.1 Å². The van der Waals surface area contributed by atoms with Crippen LogP contribution in [0.1, 0.15) is 25.7 Å². The van der Waals surface area contributed by atoms with Crippen molar-refractivity contribution in [1.82, 2.24) is 0 Å². The van der Waals surface area contributed by atoms with Gasteiger partial charge in [0.1, 0.15) is 0 Å². The minimum atomic E-state index is 0.553. The third kappa shape index (κ3) is 2.00. The van der Waals surface area contributed by atoms with Crippen molar-refractivity contribution in [3.05, 3.63) is 83.1 Å². The first kappa shape index (κ1) is 12.0. The van der Waals surface area contributed by atoms with E-state index in [1.54, 1.807) is 22.3 Å². The van der Waals surface area contributed by atoms with Gasteiger partial charge in [0.15, 0.2) is 0 Å². The van der Waals surface area contributed by atoms with Crippen LogP contribution in [0.5, 0.6) is 0 Å². The van der Waals surface area contributed by atoms with Crippen molar-refractivity contribution in [2.24, 2.45) is 11.8 Å². The average molecular weight is 260 g/mol. The highest BCUT2D eigenvalue weighted by molar-refractivity contribution is 5.51. The molecule has 4 aliphatic rings. The summed E-state index contributed by atoms with van der Waals surface area (Å²) in [5.41, 5.74) is 6.26. The summed E-state index contributed by atoms with van der Waals surface area (Å²) >= 11 is 0. The molecular weight excluding hydrogens is 240 g/mol. The molecule has 0 aromatic heterocycles. The number of fused-ring (bicyclic) bond motifs is 1. The van der Waals surface area contributed by atoms with E-state index in [-0.39, 0.29) is 0 Å². The number of hydrogen-bond donors (Lipinski definition) is 0. The Labute approximate surface area is 121 Å². The molecule has 0 aromatic rings. The fraction of sp³-hybridized carbons (Fsp3) is 0.300. The standard InChI is InChI=1S/C20H20/c1-2-8-17-14-18(13-12-15(17)6-1)20-11-5-9-16-7-3-4-10-19(16)20/h1,3-7,9-11,14,16,19H,2,8,12-13H2. The molecule has 20 heavy (non-hydrogen) atoms. The van der Waals surface area contributed by atoms with E-state index in [0.29, 0.717) is 11.8 Å². The summed E-state index contributed by atoms with van der Waals surface area (Å²) in [6.45, 7) is 0. The summed E-state index contributed by atoms with van der Waals surface area (Å²) in [7, 11) is 0. The van der Waals surface area contributed by atoms with E-state index in [4.69, 9.17) is 0 Å². The molecule has 2 unspecified atom stereocenters. The third-order valence-corrected chi connectivity index (χ3v) is 4.84. The van der Waals surface area contributed by atoms with Crippen LogP contribution in [0, 0.1) is 11.8 Å². The zero-order valence-corrected chi connectivity index (χ0v) is 11.8. The van der Waals surface area contributed by atoms with Crippen LogP contribution in [-0.2, 0) is 0 Å². The third-order valence-electron chi connectivity index (χ3n) is 4.84. The van der Waals surface area contributed by atoms with Crippen molar-refractivity contribution in [2.75, 3.05) is 0 Å². The van der Waals surface area contributed by atoms with Gasteiger partial charge in [0.05, 0.1) is 0 Å². The molecule has 4 rings (SSSR count). The van der Waals surface area contributed by atoms with Gasteiger partial charge in [-0.25, -0.2) is 0 Å². The molecule has 100 valence electrons. The van der Waals surface area contributed by atoms with E-state index >= 15 is 0 Å². The van der Waals surface area contributed by atoms with E-state index in [2.05, 4.69) is 60.8 Å². The SMILES string of the molecule is C1=CC2C=CC=C(C3=CC4=C(C=CCC4)CC3)C2C=C1. The molecule has 0 radical (unpaired) electrons. The molecule has 0 spiro atoms. The maximum Gasteiger partial charge on any atom is 0.0122 e. The van der Waals surface area contributed by atoms with Crippen LogP contribution in [-0.4, -0.2) is 0 Å². The van der Waals surface area contributed by atoms with E-state index in [9.17, 15) is 0 Å². The van der Waals surface area contributed by atoms with Crippen LogP contribution in [0.3, 0.4) is 0 Å². The quantitative estimate of drug-likeness (QED) is 0.607. The van der Waals surface area contributed by atoms with Crippen LogP contribution in [0.2, 0.25) is 0 Å². The fourth-order valence-corrected chi connectivity index (χ4v) is 3.76. The second-order valence-corrected chi connectivity index (χ2v) is 6.04. The molecule has 0 amide bonds. The summed E-state index contributed by atoms with van der Waals surface area (Å²) in [6.07, 6.45) is 28.0. The first-order valence-corrected chi connectivity index (χ1v) is 7.75. The summed E-state index contributed by atoms with van der Waals surface area (Å²) in [5.74, 6) is 1.11. The van der Waals surface area contributed by atoms with Crippen molar-refractivity contribution < 1.29 is 0 Å². The van der Waals surface area contributed by atoms with E-state index in [0.717, 1.165) is 0 Å². The summed E-state index contributed by atoms with van der Waals surface area (Å²) in [4.78, 5) is 0. The number of rotatable bonds is 1. The first-order chi connectivity index (χ1) is 9.92. The van der Waals surface area contributed by atoms with Gasteiger partial charge in [-0.1, -0.05) is 60.8 Å². The first-order valence-electron chi connectivity index (χ1n) is 7.75. The van der Waals surface area contributed by atoms with Gasteiger partial charge < -0.3 is 0 Å². The van der Waals surface area contributed by atoms with Crippen LogP contribution >= 0.6 is 0 Å². The van der Waals surface area contributed by atoms with Gasteiger partial charge in [-0.15, -0.1) is 0 Å². The molecule has 0 aromatic carbocycles. The maximum absolute atomic E-state index is 2.48. The molecule has 2 atom stereocenters. The highest BCUT2D eigenvalue weighted by atomic mass is 14.3. The molecule has 0 heterocycles. The molecule has 0 saturated heterocycles. The minimum absolute atomic E-state index is 0.553. The van der Waals surface area contributed by atoms with Crippen molar-refractivity contribution >= 4 is 0 Å². The highest BCUT2D eigenvalue weighted by Crippen LogP contribution is 2.40. The van der Waals surface area contributed by atoms with Crippen LogP contribution in [0.4, 0.5) is 0 Å². The monoisotopic (exact) mass is 260 g/mol. The molecule has 0 bridgehead atoms. The Morgan fingerprint density at radius 2 is 1.75 bits per heavy atom. The van der Waals surface area contributed by atoms with Crippen molar-refractivity contribution in [3.63, 3.8) is 0 Å². The predicted octanol–water partition coefficient (Wildman–Crippen LogP) is 5.21. The molecule has 0 saturated carbocycles. The Morgan fingerprint density at radius 3 is 2.75 bits per heavy atom. The summed E-state index contributed by atoms with van der Waals surface area (Å²) in [6, 6.07) is 0. The van der Waals surface area contributed by atoms with Gasteiger partial charge in [-0.2, -0.15) is 0 Å². The highest BCUT2D eigenvalue weighted by Gasteiger charge is 2.26. The Hall–Kier alpha value is -1.82. The second kappa shape index (κ2) is 4.94. The van der Waals surface area contributed by atoms with Crippen molar-refractivity contribution in [3.8, 4) is 0 Å². The lowest BCUT2D eigenvalue weighted by atomic mass is 9.74. The van der Waals surface area contributed by atoms with Gasteiger partial charge in [0.25, 0.3) is 0 Å². The number of allylic oxidation sites excluding steroid dienone is 14. The average Bonchev–Trinajstić information content (AvgIpc) is 2.54. The number of hydrogen-bond acceptors (Lipinski definition) is 0. The fourth-order valence-electron chi connectivity index (χ4n) is 3.76.